The van der Waals surface area contributed by atoms with Crippen molar-refractivity contribution in [3.05, 3.63) is 102 Å². The molecule has 0 unspecified atom stereocenters. The third-order valence-electron chi connectivity index (χ3n) is 6.06. The van der Waals surface area contributed by atoms with Crippen LogP contribution in [0.1, 0.15) is 18.1 Å². The molecule has 0 aliphatic heterocycles. The van der Waals surface area contributed by atoms with Crippen LogP contribution in [0.2, 0.25) is 0 Å². The zero-order chi connectivity index (χ0) is 27.8. The highest BCUT2D eigenvalue weighted by Crippen LogP contribution is 2.20. The van der Waals surface area contributed by atoms with Crippen molar-refractivity contribution >= 4 is 25.8 Å². The zero-order valence-electron chi connectivity index (χ0n) is 21.5. The van der Waals surface area contributed by atoms with E-state index in [1.54, 1.807) is 42.5 Å². The van der Waals surface area contributed by atoms with Crippen molar-refractivity contribution in [3.8, 4) is 0 Å². The molecule has 0 heterocycles. The van der Waals surface area contributed by atoms with Crippen LogP contribution in [0.4, 0.5) is 0 Å². The van der Waals surface area contributed by atoms with Gasteiger partial charge in [-0.15, -0.1) is 0 Å². The number of amides is 1. The lowest BCUT2D eigenvalue weighted by Gasteiger charge is -2.30. The summed E-state index contributed by atoms with van der Waals surface area (Å²) in [5.74, 6) is -1.71. The fourth-order valence-electron chi connectivity index (χ4n) is 4.12. The van der Waals surface area contributed by atoms with Gasteiger partial charge in [0.2, 0.25) is 15.9 Å². The molecule has 0 saturated carbocycles. The first kappa shape index (κ1) is 29.5. The molecule has 0 radical (unpaired) electrons. The second-order valence-electron chi connectivity index (χ2n) is 9.46. The largest absolute Gasteiger partial charge is 0.390 e. The first-order valence-corrected chi connectivity index (χ1v) is 15.7. The highest BCUT2D eigenvalue weighted by Gasteiger charge is 2.32. The predicted octanol–water partition coefficient (Wildman–Crippen LogP) is 2.65. The highest BCUT2D eigenvalue weighted by atomic mass is 32.2. The number of aliphatic hydroxyl groups is 1. The second-order valence-corrected chi connectivity index (χ2v) is 13.6. The zero-order valence-corrected chi connectivity index (χ0v) is 23.1. The van der Waals surface area contributed by atoms with Gasteiger partial charge in [-0.2, -0.15) is 4.31 Å². The number of rotatable bonds is 13. The first-order chi connectivity index (χ1) is 18.0. The van der Waals surface area contributed by atoms with Gasteiger partial charge in [0.1, 0.15) is 9.84 Å². The number of aliphatic hydroxyl groups excluding tert-OH is 1. The lowest BCUT2D eigenvalue weighted by atomic mass is 10.00. The van der Waals surface area contributed by atoms with E-state index in [0.29, 0.717) is 0 Å². The van der Waals surface area contributed by atoms with Gasteiger partial charge in [-0.05, 0) is 29.7 Å². The number of carbonyl (C=O) groups is 1. The molecule has 3 aromatic carbocycles. The maximum absolute atomic E-state index is 13.6. The summed E-state index contributed by atoms with van der Waals surface area (Å²) in [6.45, 7) is 1.24. The standard InChI is InChI=1S/C28H34N2O6S2/c1-22(21-37(2,33)34)28(32)29-26(18-23-12-6-3-7-13-23)27(31)20-30(19-24-14-8-4-9-15-24)38(35,36)25-16-10-5-11-17-25/h3-17,22,26-27,31H,18-21H2,1-2H3,(H,29,32)/t22-,26+,27-/m1/s1. The monoisotopic (exact) mass is 558 g/mol. The normalized spacial score (nSPS) is 14.5. The van der Waals surface area contributed by atoms with E-state index < -0.39 is 43.8 Å². The fourth-order valence-corrected chi connectivity index (χ4v) is 6.65. The average molecular weight is 559 g/mol. The van der Waals surface area contributed by atoms with Gasteiger partial charge in [0.15, 0.2) is 0 Å². The van der Waals surface area contributed by atoms with Gasteiger partial charge >= 0.3 is 0 Å². The number of sulfone groups is 1. The van der Waals surface area contributed by atoms with E-state index in [1.807, 2.05) is 36.4 Å². The van der Waals surface area contributed by atoms with Crippen molar-refractivity contribution in [2.75, 3.05) is 18.6 Å². The molecule has 0 fully saturated rings. The molecule has 2 N–H and O–H groups in total. The number of carbonyl (C=O) groups excluding carboxylic acids is 1. The number of nitrogens with one attached hydrogen (secondary N) is 1. The fraction of sp³-hybridized carbons (Fsp3) is 0.321. The van der Waals surface area contributed by atoms with Gasteiger partial charge in [-0.25, -0.2) is 16.8 Å². The minimum Gasteiger partial charge on any atom is -0.390 e. The molecule has 1 amide bonds. The summed E-state index contributed by atoms with van der Waals surface area (Å²) in [6.07, 6.45) is -0.000775. The summed E-state index contributed by atoms with van der Waals surface area (Å²) in [6, 6.07) is 25.3. The van der Waals surface area contributed by atoms with Crippen LogP contribution >= 0.6 is 0 Å². The molecular weight excluding hydrogens is 524 g/mol. The average Bonchev–Trinajstić information content (AvgIpc) is 2.88. The molecule has 0 bridgehead atoms. The Morgan fingerprint density at radius 1 is 0.842 bits per heavy atom. The van der Waals surface area contributed by atoms with Crippen LogP contribution in [0.15, 0.2) is 95.9 Å². The molecule has 38 heavy (non-hydrogen) atoms. The van der Waals surface area contributed by atoms with Crippen LogP contribution < -0.4 is 5.32 Å². The molecule has 0 aliphatic carbocycles. The van der Waals surface area contributed by atoms with Crippen molar-refractivity contribution in [3.63, 3.8) is 0 Å². The summed E-state index contributed by atoms with van der Waals surface area (Å²) in [7, 11) is -7.39. The number of sulfonamides is 1. The van der Waals surface area contributed by atoms with E-state index in [2.05, 4.69) is 5.32 Å². The molecule has 0 saturated heterocycles. The Kier molecular flexibility index (Phi) is 10.2. The van der Waals surface area contributed by atoms with E-state index in [4.69, 9.17) is 0 Å². The molecule has 8 nitrogen and oxygen atoms in total. The smallest absolute Gasteiger partial charge is 0.243 e. The van der Waals surface area contributed by atoms with E-state index in [9.17, 15) is 26.7 Å². The molecule has 3 rings (SSSR count). The third-order valence-corrected chi connectivity index (χ3v) is 9.00. The number of benzene rings is 3. The molecule has 3 atom stereocenters. The van der Waals surface area contributed by atoms with Crippen LogP contribution in [0.3, 0.4) is 0 Å². The van der Waals surface area contributed by atoms with Crippen LogP contribution in [0.25, 0.3) is 0 Å². The third kappa shape index (κ3) is 8.76. The minimum absolute atomic E-state index is 0.0195. The molecule has 0 aromatic heterocycles. The van der Waals surface area contributed by atoms with Gasteiger partial charge in [-0.3, -0.25) is 4.79 Å². The highest BCUT2D eigenvalue weighted by molar-refractivity contribution is 7.90. The van der Waals surface area contributed by atoms with Gasteiger partial charge in [-0.1, -0.05) is 85.8 Å². The van der Waals surface area contributed by atoms with Crippen molar-refractivity contribution in [2.45, 2.75) is 36.9 Å². The maximum atomic E-state index is 13.6. The molecule has 204 valence electrons. The van der Waals surface area contributed by atoms with E-state index in [0.717, 1.165) is 17.4 Å². The minimum atomic E-state index is -3.99. The van der Waals surface area contributed by atoms with Gasteiger partial charge in [0, 0.05) is 25.3 Å². The lowest BCUT2D eigenvalue weighted by molar-refractivity contribution is -0.125. The van der Waals surface area contributed by atoms with Crippen molar-refractivity contribution in [2.24, 2.45) is 5.92 Å². The van der Waals surface area contributed by atoms with Crippen LogP contribution in [0.5, 0.6) is 0 Å². The van der Waals surface area contributed by atoms with Gasteiger partial charge in [0.25, 0.3) is 0 Å². The van der Waals surface area contributed by atoms with Crippen LogP contribution in [-0.2, 0) is 37.6 Å². The number of hydrogen-bond acceptors (Lipinski definition) is 6. The predicted molar refractivity (Wildman–Crippen MR) is 147 cm³/mol. The van der Waals surface area contributed by atoms with Crippen molar-refractivity contribution < 1.29 is 26.7 Å². The summed E-state index contributed by atoms with van der Waals surface area (Å²) in [5.41, 5.74) is 1.57. The number of hydrogen-bond donors (Lipinski definition) is 2. The summed E-state index contributed by atoms with van der Waals surface area (Å²) in [5, 5.41) is 14.1. The molecule has 0 spiro atoms. The van der Waals surface area contributed by atoms with Crippen molar-refractivity contribution in [1.29, 1.82) is 0 Å². The Labute approximate surface area is 225 Å². The summed E-state index contributed by atoms with van der Waals surface area (Å²) < 4.78 is 51.8. The van der Waals surface area contributed by atoms with Crippen molar-refractivity contribution in [1.82, 2.24) is 9.62 Å². The molecule has 10 heteroatoms. The molecule has 3 aromatic rings. The first-order valence-electron chi connectivity index (χ1n) is 12.2. The molecule has 0 aliphatic rings. The van der Waals surface area contributed by atoms with Crippen LogP contribution in [-0.4, -0.2) is 62.9 Å². The van der Waals surface area contributed by atoms with E-state index in [-0.39, 0.29) is 30.2 Å². The Hall–Kier alpha value is -3.05. The Bertz CT molecular complexity index is 1380. The Morgan fingerprint density at radius 3 is 1.87 bits per heavy atom. The van der Waals surface area contributed by atoms with Crippen LogP contribution in [0, 0.1) is 5.92 Å². The lowest BCUT2D eigenvalue weighted by Crippen LogP contribution is -2.51. The Balaban J connectivity index is 1.90. The van der Waals surface area contributed by atoms with Gasteiger partial charge < -0.3 is 10.4 Å². The quantitative estimate of drug-likeness (QED) is 0.333. The van der Waals surface area contributed by atoms with E-state index >= 15 is 0 Å². The maximum Gasteiger partial charge on any atom is 0.243 e. The second kappa shape index (κ2) is 13.1. The van der Waals surface area contributed by atoms with E-state index in [1.165, 1.54) is 23.4 Å². The summed E-state index contributed by atoms with van der Waals surface area (Å²) in [4.78, 5) is 13.0. The summed E-state index contributed by atoms with van der Waals surface area (Å²) >= 11 is 0. The number of nitrogens with zero attached hydrogens (tertiary/aromatic N) is 1. The Morgan fingerprint density at radius 2 is 1.34 bits per heavy atom. The topological polar surface area (TPSA) is 121 Å². The van der Waals surface area contributed by atoms with Gasteiger partial charge in [0.05, 0.1) is 22.8 Å². The SMILES string of the molecule is C[C@H](CS(C)(=O)=O)C(=O)N[C@@H](Cc1ccccc1)[C@H](O)CN(Cc1ccccc1)S(=O)(=O)c1ccccc1. The molecular formula is C28H34N2O6S2.